The number of aryl methyl sites for hydroxylation is 1. The maximum absolute atomic E-state index is 10.9. The lowest BCUT2D eigenvalue weighted by atomic mass is 10.1. The van der Waals surface area contributed by atoms with Crippen molar-refractivity contribution in [3.05, 3.63) is 10.6 Å². The lowest BCUT2D eigenvalue weighted by Crippen LogP contribution is -2.41. The predicted octanol–water partition coefficient (Wildman–Crippen LogP) is 2.05. The van der Waals surface area contributed by atoms with Crippen molar-refractivity contribution in [1.82, 2.24) is 9.88 Å². The molecule has 1 fully saturated rings. The van der Waals surface area contributed by atoms with E-state index in [1.165, 1.54) is 17.8 Å². The molecular formula is C12H19N3O2S. The number of hydrogen-bond donors (Lipinski definition) is 2. The second-order valence-corrected chi connectivity index (χ2v) is 5.81. The monoisotopic (exact) mass is 269 g/mol. The number of hydrogen-bond acceptors (Lipinski definition) is 5. The Morgan fingerprint density at radius 1 is 1.67 bits per heavy atom. The first kappa shape index (κ1) is 13.3. The Balaban J connectivity index is 2.00. The molecule has 1 aliphatic heterocycles. The molecule has 0 amide bonds. The van der Waals surface area contributed by atoms with Crippen LogP contribution < -0.4 is 5.32 Å². The number of carboxylic acids is 1. The molecule has 18 heavy (non-hydrogen) atoms. The molecule has 2 heterocycles. The normalized spacial score (nSPS) is 20.9. The van der Waals surface area contributed by atoms with Gasteiger partial charge in [-0.05, 0) is 32.9 Å². The number of nitrogens with one attached hydrogen (secondary N) is 1. The SMILES string of the molecule is CCN1CCCC(Nc2nc(C(=O)O)c(C)s2)C1. The Morgan fingerprint density at radius 2 is 2.44 bits per heavy atom. The summed E-state index contributed by atoms with van der Waals surface area (Å²) >= 11 is 1.42. The molecule has 100 valence electrons. The number of rotatable bonds is 4. The first-order valence-electron chi connectivity index (χ1n) is 6.29. The summed E-state index contributed by atoms with van der Waals surface area (Å²) in [4.78, 5) is 18.2. The third-order valence-electron chi connectivity index (χ3n) is 3.28. The molecule has 0 spiro atoms. The largest absolute Gasteiger partial charge is 0.476 e. The van der Waals surface area contributed by atoms with Crippen LogP contribution in [0, 0.1) is 6.92 Å². The second kappa shape index (κ2) is 5.67. The van der Waals surface area contributed by atoms with Crippen LogP contribution in [0.3, 0.4) is 0 Å². The number of piperidine rings is 1. The van der Waals surface area contributed by atoms with Gasteiger partial charge < -0.3 is 15.3 Å². The zero-order chi connectivity index (χ0) is 13.1. The number of likely N-dealkylation sites (tertiary alicyclic amines) is 1. The highest BCUT2D eigenvalue weighted by Gasteiger charge is 2.21. The summed E-state index contributed by atoms with van der Waals surface area (Å²) in [6, 6.07) is 0.380. The first-order chi connectivity index (χ1) is 8.60. The maximum atomic E-state index is 10.9. The van der Waals surface area contributed by atoms with Gasteiger partial charge in [0.25, 0.3) is 0 Å². The van der Waals surface area contributed by atoms with Crippen LogP contribution in [0.1, 0.15) is 35.1 Å². The number of likely N-dealkylation sites (N-methyl/N-ethyl adjacent to an activating group) is 1. The van der Waals surface area contributed by atoms with E-state index >= 15 is 0 Å². The van der Waals surface area contributed by atoms with Crippen molar-refractivity contribution in [3.63, 3.8) is 0 Å². The molecule has 0 aromatic carbocycles. The summed E-state index contributed by atoms with van der Waals surface area (Å²) in [6.45, 7) is 7.20. The van der Waals surface area contributed by atoms with Crippen LogP contribution in [0.25, 0.3) is 0 Å². The van der Waals surface area contributed by atoms with Gasteiger partial charge in [0, 0.05) is 17.5 Å². The fourth-order valence-electron chi connectivity index (χ4n) is 2.29. The standard InChI is InChI=1S/C12H19N3O2S/c1-3-15-6-4-5-9(7-15)13-12-14-10(11(16)17)8(2)18-12/h9H,3-7H2,1-2H3,(H,13,14)(H,16,17). The third kappa shape index (κ3) is 3.00. The van der Waals surface area contributed by atoms with Gasteiger partial charge in [0.15, 0.2) is 10.8 Å². The quantitative estimate of drug-likeness (QED) is 0.875. The Bertz CT molecular complexity index is 433. The van der Waals surface area contributed by atoms with Crippen LogP contribution in [0.2, 0.25) is 0 Å². The van der Waals surface area contributed by atoms with Crippen molar-refractivity contribution in [2.24, 2.45) is 0 Å². The van der Waals surface area contributed by atoms with E-state index in [0.717, 1.165) is 36.1 Å². The molecule has 1 saturated heterocycles. The van der Waals surface area contributed by atoms with Gasteiger partial charge in [-0.15, -0.1) is 11.3 Å². The van der Waals surface area contributed by atoms with Crippen molar-refractivity contribution >= 4 is 22.4 Å². The van der Waals surface area contributed by atoms with Gasteiger partial charge in [-0.2, -0.15) is 0 Å². The van der Waals surface area contributed by atoms with Crippen LogP contribution in [0.15, 0.2) is 0 Å². The lowest BCUT2D eigenvalue weighted by molar-refractivity contribution is 0.0690. The average molecular weight is 269 g/mol. The number of nitrogens with zero attached hydrogens (tertiary/aromatic N) is 2. The van der Waals surface area contributed by atoms with E-state index in [1.807, 2.05) is 0 Å². The molecule has 2 rings (SSSR count). The summed E-state index contributed by atoms with van der Waals surface area (Å²) in [6.07, 6.45) is 2.30. The smallest absolute Gasteiger partial charge is 0.355 e. The Hall–Kier alpha value is -1.14. The fraction of sp³-hybridized carbons (Fsp3) is 0.667. The van der Waals surface area contributed by atoms with Gasteiger partial charge >= 0.3 is 5.97 Å². The Kier molecular flexibility index (Phi) is 4.19. The van der Waals surface area contributed by atoms with Crippen LogP contribution in [0.4, 0.5) is 5.13 Å². The van der Waals surface area contributed by atoms with E-state index < -0.39 is 5.97 Å². The second-order valence-electron chi connectivity index (χ2n) is 4.61. The summed E-state index contributed by atoms with van der Waals surface area (Å²) < 4.78 is 0. The number of carbonyl (C=O) groups is 1. The minimum absolute atomic E-state index is 0.172. The van der Waals surface area contributed by atoms with Gasteiger partial charge in [0.2, 0.25) is 0 Å². The van der Waals surface area contributed by atoms with Crippen LogP contribution in [-0.2, 0) is 0 Å². The molecule has 6 heteroatoms. The summed E-state index contributed by atoms with van der Waals surface area (Å²) in [5.74, 6) is -0.948. The molecule has 1 aliphatic rings. The molecule has 1 aromatic rings. The number of aromatic nitrogens is 1. The molecule has 1 atom stereocenters. The molecule has 0 saturated carbocycles. The minimum atomic E-state index is -0.948. The van der Waals surface area contributed by atoms with E-state index in [2.05, 4.69) is 22.1 Å². The molecule has 5 nitrogen and oxygen atoms in total. The molecule has 2 N–H and O–H groups in total. The van der Waals surface area contributed by atoms with E-state index in [0.29, 0.717) is 6.04 Å². The summed E-state index contributed by atoms with van der Waals surface area (Å²) in [7, 11) is 0. The van der Waals surface area contributed by atoms with E-state index in [9.17, 15) is 4.79 Å². The van der Waals surface area contributed by atoms with Gasteiger partial charge in [-0.25, -0.2) is 9.78 Å². The topological polar surface area (TPSA) is 65.5 Å². The number of thiazole rings is 1. The van der Waals surface area contributed by atoms with Crippen LogP contribution >= 0.6 is 11.3 Å². The van der Waals surface area contributed by atoms with E-state index in [-0.39, 0.29) is 5.69 Å². The maximum Gasteiger partial charge on any atom is 0.355 e. The van der Waals surface area contributed by atoms with Crippen molar-refractivity contribution in [2.45, 2.75) is 32.7 Å². The van der Waals surface area contributed by atoms with Crippen molar-refractivity contribution < 1.29 is 9.90 Å². The van der Waals surface area contributed by atoms with Crippen LogP contribution in [0.5, 0.6) is 0 Å². The predicted molar refractivity (Wildman–Crippen MR) is 72.6 cm³/mol. The van der Waals surface area contributed by atoms with Crippen molar-refractivity contribution in [2.75, 3.05) is 25.0 Å². The first-order valence-corrected chi connectivity index (χ1v) is 7.11. The molecular weight excluding hydrogens is 250 g/mol. The number of anilines is 1. The number of carboxylic acid groups (broad SMARTS) is 1. The van der Waals surface area contributed by atoms with E-state index in [1.54, 1.807) is 6.92 Å². The zero-order valence-electron chi connectivity index (χ0n) is 10.8. The lowest BCUT2D eigenvalue weighted by Gasteiger charge is -2.32. The molecule has 0 aliphatic carbocycles. The van der Waals surface area contributed by atoms with E-state index in [4.69, 9.17) is 5.11 Å². The highest BCUT2D eigenvalue weighted by Crippen LogP contribution is 2.24. The zero-order valence-corrected chi connectivity index (χ0v) is 11.6. The third-order valence-corrected chi connectivity index (χ3v) is 4.18. The van der Waals surface area contributed by atoms with Gasteiger partial charge in [-0.1, -0.05) is 6.92 Å². The van der Waals surface area contributed by atoms with Crippen LogP contribution in [-0.4, -0.2) is 46.6 Å². The Labute approximate surface area is 111 Å². The summed E-state index contributed by atoms with van der Waals surface area (Å²) in [5, 5.41) is 13.1. The Morgan fingerprint density at radius 3 is 3.06 bits per heavy atom. The number of aromatic carboxylic acids is 1. The highest BCUT2D eigenvalue weighted by molar-refractivity contribution is 7.15. The fourth-order valence-corrected chi connectivity index (χ4v) is 3.17. The van der Waals surface area contributed by atoms with Crippen molar-refractivity contribution in [3.8, 4) is 0 Å². The highest BCUT2D eigenvalue weighted by atomic mass is 32.1. The van der Waals surface area contributed by atoms with Gasteiger partial charge in [0.05, 0.1) is 0 Å². The van der Waals surface area contributed by atoms with Crippen molar-refractivity contribution in [1.29, 1.82) is 0 Å². The molecule has 0 bridgehead atoms. The van der Waals surface area contributed by atoms with Gasteiger partial charge in [-0.3, -0.25) is 0 Å². The minimum Gasteiger partial charge on any atom is -0.476 e. The molecule has 1 unspecified atom stereocenters. The summed E-state index contributed by atoms with van der Waals surface area (Å²) in [5.41, 5.74) is 0.172. The van der Waals surface area contributed by atoms with Gasteiger partial charge in [0.1, 0.15) is 0 Å². The average Bonchev–Trinajstić information content (AvgIpc) is 2.70. The molecule has 0 radical (unpaired) electrons. The molecule has 1 aromatic heterocycles.